The first-order chi connectivity index (χ1) is 11.1. The van der Waals surface area contributed by atoms with Crippen molar-refractivity contribution in [3.8, 4) is 0 Å². The average molecular weight is 511 g/mol. The van der Waals surface area contributed by atoms with Crippen molar-refractivity contribution >= 4 is 45.9 Å². The van der Waals surface area contributed by atoms with Gasteiger partial charge in [-0.2, -0.15) is 0 Å². The minimum Gasteiger partial charge on any atom is -0.352 e. The molecule has 0 radical (unpaired) electrons. The smallest absolute Gasteiger partial charge is 0.191 e. The molecular weight excluding hydrogens is 486 g/mol. The van der Waals surface area contributed by atoms with Crippen molar-refractivity contribution in [2.75, 3.05) is 20.1 Å². The second-order valence-corrected chi connectivity index (χ2v) is 7.43. The summed E-state index contributed by atoms with van der Waals surface area (Å²) in [5.74, 6) is 1.16. The number of nitrogens with one attached hydrogen (secondary N) is 2. The van der Waals surface area contributed by atoms with E-state index in [1.165, 1.54) is 25.0 Å². The summed E-state index contributed by atoms with van der Waals surface area (Å²) in [7, 11) is 1.77. The average Bonchev–Trinajstić information content (AvgIpc) is 3.31. The lowest BCUT2D eigenvalue weighted by Gasteiger charge is -2.20. The molecule has 1 aromatic rings. The molecule has 2 atom stereocenters. The Hall–Kier alpha value is -0.410. The van der Waals surface area contributed by atoms with Gasteiger partial charge in [-0.3, -0.25) is 9.89 Å². The Bertz CT molecular complexity index is 594. The maximum atomic E-state index is 13.4. The van der Waals surface area contributed by atoms with Gasteiger partial charge in [0.2, 0.25) is 0 Å². The van der Waals surface area contributed by atoms with E-state index in [0.29, 0.717) is 18.5 Å². The first-order valence-electron chi connectivity index (χ1n) is 8.22. The van der Waals surface area contributed by atoms with Crippen LogP contribution < -0.4 is 10.6 Å². The number of rotatable bonds is 4. The fourth-order valence-electron chi connectivity index (χ4n) is 3.16. The summed E-state index contributed by atoms with van der Waals surface area (Å²) in [5, 5.41) is 6.81. The lowest BCUT2D eigenvalue weighted by atomic mass is 10.1. The normalized spacial score (nSPS) is 24.6. The molecule has 0 amide bonds. The maximum Gasteiger partial charge on any atom is 0.191 e. The van der Waals surface area contributed by atoms with Gasteiger partial charge in [-0.1, -0.05) is 22.9 Å². The highest BCUT2D eigenvalue weighted by Crippen LogP contribution is 2.31. The summed E-state index contributed by atoms with van der Waals surface area (Å²) >= 11 is 3.46. The molecule has 3 rings (SSSR count). The van der Waals surface area contributed by atoms with Crippen LogP contribution in [0.3, 0.4) is 0 Å². The molecule has 1 aliphatic heterocycles. The van der Waals surface area contributed by atoms with Crippen LogP contribution in [0.5, 0.6) is 0 Å². The van der Waals surface area contributed by atoms with E-state index in [0.717, 1.165) is 35.1 Å². The fraction of sp³-hybridized carbons (Fsp3) is 0.588. The maximum absolute atomic E-state index is 13.4. The second-order valence-electron chi connectivity index (χ2n) is 6.57. The van der Waals surface area contributed by atoms with Gasteiger partial charge in [0.05, 0.1) is 0 Å². The van der Waals surface area contributed by atoms with E-state index in [1.54, 1.807) is 13.1 Å². The zero-order valence-corrected chi connectivity index (χ0v) is 18.0. The SMILES string of the molecule is CN=C(NCc1cc(F)ccc1Br)NC1CN(C2CC2)CC1C.I. The van der Waals surface area contributed by atoms with E-state index >= 15 is 0 Å². The van der Waals surface area contributed by atoms with Crippen LogP contribution >= 0.6 is 39.9 Å². The van der Waals surface area contributed by atoms with Crippen molar-refractivity contribution in [3.63, 3.8) is 0 Å². The highest BCUT2D eigenvalue weighted by atomic mass is 127. The van der Waals surface area contributed by atoms with Gasteiger partial charge in [-0.15, -0.1) is 24.0 Å². The summed E-state index contributed by atoms with van der Waals surface area (Å²) in [6.45, 7) is 5.06. The molecule has 2 N–H and O–H groups in total. The number of guanidine groups is 1. The van der Waals surface area contributed by atoms with Gasteiger partial charge >= 0.3 is 0 Å². The Balaban J connectivity index is 0.00000208. The Morgan fingerprint density at radius 3 is 2.79 bits per heavy atom. The zero-order chi connectivity index (χ0) is 16.4. The van der Waals surface area contributed by atoms with Crippen LogP contribution in [0.4, 0.5) is 4.39 Å². The molecule has 0 aromatic heterocycles. The van der Waals surface area contributed by atoms with Crippen molar-refractivity contribution in [2.45, 2.75) is 38.4 Å². The molecule has 24 heavy (non-hydrogen) atoms. The third kappa shape index (κ3) is 5.05. The first-order valence-corrected chi connectivity index (χ1v) is 9.01. The molecule has 1 aliphatic carbocycles. The molecule has 1 saturated carbocycles. The number of halogens is 3. The molecule has 7 heteroatoms. The van der Waals surface area contributed by atoms with Gasteiger partial charge in [0.15, 0.2) is 5.96 Å². The van der Waals surface area contributed by atoms with Gasteiger partial charge in [0, 0.05) is 43.2 Å². The molecular formula is C17H25BrFIN4. The van der Waals surface area contributed by atoms with Crippen molar-refractivity contribution in [1.82, 2.24) is 15.5 Å². The molecule has 4 nitrogen and oxygen atoms in total. The van der Waals surface area contributed by atoms with Gasteiger partial charge in [0.1, 0.15) is 5.82 Å². The highest BCUT2D eigenvalue weighted by molar-refractivity contribution is 14.0. The summed E-state index contributed by atoms with van der Waals surface area (Å²) in [6.07, 6.45) is 2.69. The number of nitrogens with zero attached hydrogens (tertiary/aromatic N) is 2. The van der Waals surface area contributed by atoms with E-state index in [4.69, 9.17) is 0 Å². The van der Waals surface area contributed by atoms with E-state index in [-0.39, 0.29) is 29.8 Å². The third-order valence-electron chi connectivity index (χ3n) is 4.70. The van der Waals surface area contributed by atoms with Crippen LogP contribution in [-0.2, 0) is 6.54 Å². The van der Waals surface area contributed by atoms with E-state index < -0.39 is 0 Å². The standard InChI is InChI=1S/C17H24BrFN4.HI/c1-11-9-23(14-4-5-14)10-16(11)22-17(20-2)21-8-12-7-13(19)3-6-15(12)18;/h3,6-7,11,14,16H,4-5,8-10H2,1-2H3,(H2,20,21,22);1H. The van der Waals surface area contributed by atoms with Crippen LogP contribution in [0, 0.1) is 11.7 Å². The Labute approximate surface area is 168 Å². The van der Waals surface area contributed by atoms with Gasteiger partial charge in [0.25, 0.3) is 0 Å². The minimum absolute atomic E-state index is 0. The highest BCUT2D eigenvalue weighted by Gasteiger charge is 2.38. The fourth-order valence-corrected chi connectivity index (χ4v) is 3.54. The monoisotopic (exact) mass is 510 g/mol. The minimum atomic E-state index is -0.225. The number of aliphatic imine (C=N–C) groups is 1. The number of hydrogen-bond acceptors (Lipinski definition) is 2. The van der Waals surface area contributed by atoms with Crippen molar-refractivity contribution in [1.29, 1.82) is 0 Å². The molecule has 2 unspecified atom stereocenters. The van der Waals surface area contributed by atoms with Crippen LogP contribution in [0.25, 0.3) is 0 Å². The first kappa shape index (κ1) is 19.9. The predicted octanol–water partition coefficient (Wildman–Crippen LogP) is 3.35. The van der Waals surface area contributed by atoms with Crippen LogP contribution in [0.2, 0.25) is 0 Å². The molecule has 0 spiro atoms. The molecule has 0 bridgehead atoms. The van der Waals surface area contributed by atoms with E-state index in [1.807, 2.05) is 0 Å². The molecule has 2 aliphatic rings. The van der Waals surface area contributed by atoms with Crippen molar-refractivity contribution < 1.29 is 4.39 Å². The number of hydrogen-bond donors (Lipinski definition) is 2. The van der Waals surface area contributed by atoms with Crippen molar-refractivity contribution in [3.05, 3.63) is 34.1 Å². The van der Waals surface area contributed by atoms with Gasteiger partial charge < -0.3 is 10.6 Å². The number of benzene rings is 1. The molecule has 1 aromatic carbocycles. The lowest BCUT2D eigenvalue weighted by Crippen LogP contribution is -2.46. The predicted molar refractivity (Wildman–Crippen MR) is 110 cm³/mol. The molecule has 134 valence electrons. The quantitative estimate of drug-likeness (QED) is 0.370. The molecule has 2 fully saturated rings. The molecule has 1 saturated heterocycles. The number of likely N-dealkylation sites (tertiary alicyclic amines) is 1. The lowest BCUT2D eigenvalue weighted by molar-refractivity contribution is 0.315. The van der Waals surface area contributed by atoms with Crippen LogP contribution in [0.15, 0.2) is 27.7 Å². The summed E-state index contributed by atoms with van der Waals surface area (Å²) in [6, 6.07) is 5.94. The Morgan fingerprint density at radius 2 is 2.12 bits per heavy atom. The Morgan fingerprint density at radius 1 is 1.38 bits per heavy atom. The van der Waals surface area contributed by atoms with Crippen LogP contribution in [0.1, 0.15) is 25.3 Å². The van der Waals surface area contributed by atoms with E-state index in [9.17, 15) is 4.39 Å². The molecule has 1 heterocycles. The van der Waals surface area contributed by atoms with Gasteiger partial charge in [-0.05, 0) is 42.5 Å². The van der Waals surface area contributed by atoms with Gasteiger partial charge in [-0.25, -0.2) is 4.39 Å². The third-order valence-corrected chi connectivity index (χ3v) is 5.48. The largest absolute Gasteiger partial charge is 0.352 e. The topological polar surface area (TPSA) is 39.7 Å². The summed E-state index contributed by atoms with van der Waals surface area (Å²) in [5.41, 5.74) is 0.882. The van der Waals surface area contributed by atoms with Crippen LogP contribution in [-0.4, -0.2) is 43.1 Å². The Kier molecular flexibility index (Phi) is 7.30. The summed E-state index contributed by atoms with van der Waals surface area (Å²) < 4.78 is 14.3. The van der Waals surface area contributed by atoms with Crippen molar-refractivity contribution in [2.24, 2.45) is 10.9 Å². The zero-order valence-electron chi connectivity index (χ0n) is 14.1. The van der Waals surface area contributed by atoms with E-state index in [2.05, 4.69) is 43.4 Å². The second kappa shape index (κ2) is 8.80. The summed E-state index contributed by atoms with van der Waals surface area (Å²) in [4.78, 5) is 6.89.